The number of nitrogens with two attached hydrogens (primary N) is 2. The van der Waals surface area contributed by atoms with E-state index in [0.717, 1.165) is 23.7 Å². The summed E-state index contributed by atoms with van der Waals surface area (Å²) in [5.74, 6) is -0.625. The maximum Gasteiger partial charge on any atom is 0.244 e. The van der Waals surface area contributed by atoms with Crippen LogP contribution in [0.1, 0.15) is 30.9 Å². The molecule has 1 saturated carbocycles. The molecule has 1 aromatic rings. The molecule has 1 aliphatic rings. The fourth-order valence-corrected chi connectivity index (χ4v) is 3.34. The Hall–Kier alpha value is -1.11. The second-order valence-electron chi connectivity index (χ2n) is 5.43. The minimum atomic E-state index is -0.811. The molecule has 122 valence electrons. The van der Waals surface area contributed by atoms with Gasteiger partial charge in [-0.2, -0.15) is 0 Å². The minimum Gasteiger partial charge on any atom is -0.368 e. The Morgan fingerprint density at radius 1 is 1.36 bits per heavy atom. The van der Waals surface area contributed by atoms with E-state index in [9.17, 15) is 9.59 Å². The first kappa shape index (κ1) is 18.9. The summed E-state index contributed by atoms with van der Waals surface area (Å²) in [5, 5.41) is 2.78. The zero-order valence-corrected chi connectivity index (χ0v) is 14.5. The van der Waals surface area contributed by atoms with Gasteiger partial charge >= 0.3 is 0 Å². The van der Waals surface area contributed by atoms with E-state index >= 15 is 0 Å². The van der Waals surface area contributed by atoms with E-state index in [0.29, 0.717) is 12.1 Å². The van der Waals surface area contributed by atoms with E-state index in [2.05, 4.69) is 21.2 Å². The first-order valence-corrected chi connectivity index (χ1v) is 7.87. The zero-order chi connectivity index (χ0) is 15.4. The van der Waals surface area contributed by atoms with Crippen molar-refractivity contribution in [3.05, 3.63) is 34.3 Å². The quantitative estimate of drug-likeness (QED) is 0.716. The van der Waals surface area contributed by atoms with E-state index in [-0.39, 0.29) is 30.2 Å². The summed E-state index contributed by atoms with van der Waals surface area (Å²) in [4.78, 5) is 24.1. The molecule has 2 amide bonds. The topological polar surface area (TPSA) is 98.2 Å². The van der Waals surface area contributed by atoms with Crippen molar-refractivity contribution in [3.63, 3.8) is 0 Å². The second kappa shape index (κ2) is 8.50. The first-order chi connectivity index (χ1) is 10.0. The lowest BCUT2D eigenvalue weighted by molar-refractivity contribution is -0.130. The Morgan fingerprint density at radius 3 is 2.68 bits per heavy atom. The minimum absolute atomic E-state index is 0. The number of hydrogen-bond acceptors (Lipinski definition) is 3. The van der Waals surface area contributed by atoms with Crippen LogP contribution in [0.2, 0.25) is 0 Å². The third-order valence-corrected chi connectivity index (χ3v) is 4.54. The molecular formula is C15H21BrClN3O2. The van der Waals surface area contributed by atoms with E-state index in [1.165, 1.54) is 0 Å². The normalized spacial score (nSPS) is 21.7. The Bertz CT molecular complexity index is 541. The number of carbonyl (C=O) groups excluding carboxylic acids is 2. The van der Waals surface area contributed by atoms with Crippen molar-refractivity contribution in [3.8, 4) is 0 Å². The van der Waals surface area contributed by atoms with E-state index in [1.807, 2.05) is 6.07 Å². The number of benzene rings is 1. The number of rotatable bonds is 5. The average Bonchev–Trinajstić information content (AvgIpc) is 2.92. The Kier molecular flexibility index (Phi) is 7.32. The Labute approximate surface area is 144 Å². The molecule has 1 unspecified atom stereocenters. The molecular weight excluding hydrogens is 370 g/mol. The van der Waals surface area contributed by atoms with Crippen molar-refractivity contribution in [2.75, 3.05) is 6.54 Å². The van der Waals surface area contributed by atoms with E-state index in [4.69, 9.17) is 11.5 Å². The summed E-state index contributed by atoms with van der Waals surface area (Å²) in [6, 6.07) is 6.40. The summed E-state index contributed by atoms with van der Waals surface area (Å²) in [6.07, 6.45) is 2.78. The highest BCUT2D eigenvalue weighted by Crippen LogP contribution is 2.31. The van der Waals surface area contributed by atoms with Crippen molar-refractivity contribution >= 4 is 40.2 Å². The van der Waals surface area contributed by atoms with Crippen molar-refractivity contribution in [2.45, 2.75) is 25.3 Å². The number of amides is 2. The molecule has 5 nitrogen and oxygen atoms in total. The molecule has 0 saturated heterocycles. The monoisotopic (exact) mass is 389 g/mol. The van der Waals surface area contributed by atoms with E-state index < -0.39 is 11.9 Å². The highest BCUT2D eigenvalue weighted by Gasteiger charge is 2.34. The average molecular weight is 391 g/mol. The SMILES string of the molecule is Cl.NC[C@H]1CCC[C@H]1C(=O)NC(C(N)=O)c1cccc(Br)c1. The van der Waals surface area contributed by atoms with Crippen molar-refractivity contribution in [1.29, 1.82) is 0 Å². The molecule has 0 heterocycles. The van der Waals surface area contributed by atoms with Gasteiger partial charge in [0.15, 0.2) is 0 Å². The lowest BCUT2D eigenvalue weighted by Gasteiger charge is -2.22. The molecule has 3 atom stereocenters. The van der Waals surface area contributed by atoms with Gasteiger partial charge < -0.3 is 16.8 Å². The van der Waals surface area contributed by atoms with Gasteiger partial charge in [-0.1, -0.05) is 34.5 Å². The maximum absolute atomic E-state index is 12.4. The molecule has 0 radical (unpaired) electrons. The van der Waals surface area contributed by atoms with Crippen molar-refractivity contribution in [1.82, 2.24) is 5.32 Å². The third kappa shape index (κ3) is 4.44. The van der Waals surface area contributed by atoms with Gasteiger partial charge in [0.25, 0.3) is 0 Å². The highest BCUT2D eigenvalue weighted by molar-refractivity contribution is 9.10. The lowest BCUT2D eigenvalue weighted by atomic mass is 9.94. The number of hydrogen-bond donors (Lipinski definition) is 3. The van der Waals surface area contributed by atoms with Gasteiger partial charge in [-0.05, 0) is 43.0 Å². The van der Waals surface area contributed by atoms with Crippen LogP contribution in [-0.2, 0) is 9.59 Å². The van der Waals surface area contributed by atoms with Gasteiger partial charge in [-0.3, -0.25) is 9.59 Å². The van der Waals surface area contributed by atoms with Crippen LogP contribution in [0, 0.1) is 11.8 Å². The van der Waals surface area contributed by atoms with Gasteiger partial charge in [-0.25, -0.2) is 0 Å². The third-order valence-electron chi connectivity index (χ3n) is 4.05. The molecule has 1 aliphatic carbocycles. The van der Waals surface area contributed by atoms with Crippen LogP contribution in [0.25, 0.3) is 0 Å². The van der Waals surface area contributed by atoms with Crippen molar-refractivity contribution < 1.29 is 9.59 Å². The lowest BCUT2D eigenvalue weighted by Crippen LogP contribution is -2.42. The first-order valence-electron chi connectivity index (χ1n) is 7.08. The van der Waals surface area contributed by atoms with Crippen LogP contribution >= 0.6 is 28.3 Å². The maximum atomic E-state index is 12.4. The standard InChI is InChI=1S/C15H20BrN3O2.ClH/c16-11-5-1-3-9(7-11)13(14(18)20)19-15(21)12-6-2-4-10(12)8-17;/h1,3,5,7,10,12-13H,2,4,6,8,17H2,(H2,18,20)(H,19,21);1H/t10-,12-,13?;/m1./s1. The van der Waals surface area contributed by atoms with Crippen molar-refractivity contribution in [2.24, 2.45) is 23.3 Å². The molecule has 0 bridgehead atoms. The number of carbonyl (C=O) groups is 2. The molecule has 2 rings (SSSR count). The van der Waals surface area contributed by atoms with Gasteiger partial charge in [-0.15, -0.1) is 12.4 Å². The largest absolute Gasteiger partial charge is 0.368 e. The number of halogens is 2. The van der Waals surface area contributed by atoms with Crippen LogP contribution < -0.4 is 16.8 Å². The summed E-state index contributed by atoms with van der Waals surface area (Å²) in [7, 11) is 0. The molecule has 0 aliphatic heterocycles. The Balaban J connectivity index is 0.00000242. The molecule has 1 aromatic carbocycles. The van der Waals surface area contributed by atoms with Crippen LogP contribution in [0.15, 0.2) is 28.7 Å². The fraction of sp³-hybridized carbons (Fsp3) is 0.467. The molecule has 0 aromatic heterocycles. The van der Waals surface area contributed by atoms with Crippen LogP contribution in [0.4, 0.5) is 0 Å². The van der Waals surface area contributed by atoms with E-state index in [1.54, 1.807) is 18.2 Å². The molecule has 0 spiro atoms. The van der Waals surface area contributed by atoms with Gasteiger partial charge in [0.1, 0.15) is 6.04 Å². The molecule has 1 fully saturated rings. The predicted octanol–water partition coefficient (Wildman–Crippen LogP) is 1.89. The molecule has 7 heteroatoms. The number of primary amides is 1. The molecule has 5 N–H and O–H groups in total. The zero-order valence-electron chi connectivity index (χ0n) is 12.1. The summed E-state index contributed by atoms with van der Waals surface area (Å²) in [6.45, 7) is 0.496. The van der Waals surface area contributed by atoms with Gasteiger partial charge in [0.05, 0.1) is 0 Å². The summed E-state index contributed by atoms with van der Waals surface area (Å²) in [5.41, 5.74) is 11.8. The summed E-state index contributed by atoms with van der Waals surface area (Å²) < 4.78 is 0.834. The Morgan fingerprint density at radius 2 is 2.09 bits per heavy atom. The molecule has 22 heavy (non-hydrogen) atoms. The summed E-state index contributed by atoms with van der Waals surface area (Å²) >= 11 is 3.35. The predicted molar refractivity (Wildman–Crippen MR) is 91.4 cm³/mol. The highest BCUT2D eigenvalue weighted by atomic mass is 79.9. The second-order valence-corrected chi connectivity index (χ2v) is 6.35. The van der Waals surface area contributed by atoms with Crippen LogP contribution in [0.5, 0.6) is 0 Å². The van der Waals surface area contributed by atoms with Gasteiger partial charge in [0, 0.05) is 10.4 Å². The van der Waals surface area contributed by atoms with Crippen LogP contribution in [-0.4, -0.2) is 18.4 Å². The fourth-order valence-electron chi connectivity index (χ4n) is 2.92. The van der Waals surface area contributed by atoms with Gasteiger partial charge in [0.2, 0.25) is 11.8 Å². The smallest absolute Gasteiger partial charge is 0.244 e. The van der Waals surface area contributed by atoms with Crippen LogP contribution in [0.3, 0.4) is 0 Å². The number of nitrogens with one attached hydrogen (secondary N) is 1.